The molecule has 3 N–H and O–H groups in total. The first-order chi connectivity index (χ1) is 27.8. The van der Waals surface area contributed by atoms with Crippen LogP contribution >= 0.6 is 0 Å². The van der Waals surface area contributed by atoms with Gasteiger partial charge in [-0.15, -0.1) is 0 Å². The van der Waals surface area contributed by atoms with Crippen molar-refractivity contribution in [3.05, 3.63) is 90.3 Å². The van der Waals surface area contributed by atoms with Crippen molar-refractivity contribution in [2.45, 2.75) is 44.3 Å². The largest absolute Gasteiger partial charge is 0.457 e. The standard InChI is InChI=1S/C43H46N10O4/c44-40-38-39(29-6-9-34(10-7-29)57-33-4-2-1-3-5-33)48-53(41(38)46-26-45-40)31-14-16-49(17-15-31)19-27-20-50(21-27)22-28-23-51(24-28)32-8-11-35-30(18-32)25-52(43(35)56)36-12-13-37(54)47-42(36)55/h1-11,18,26-28,31,36H,12-17,19-25H2,(H2,44,45,46)(H,47,54,55). The van der Waals surface area contributed by atoms with Crippen molar-refractivity contribution in [2.75, 3.05) is 63.0 Å². The Bertz CT molecular complexity index is 2330. The lowest BCUT2D eigenvalue weighted by Crippen LogP contribution is -2.58. The number of hydrogen-bond donors (Lipinski definition) is 2. The number of likely N-dealkylation sites (tertiary alicyclic amines) is 2. The van der Waals surface area contributed by atoms with E-state index in [4.69, 9.17) is 15.6 Å². The molecule has 7 heterocycles. The topological polar surface area (TPSA) is 155 Å². The zero-order valence-corrected chi connectivity index (χ0v) is 31.8. The Labute approximate surface area is 330 Å². The average molecular weight is 767 g/mol. The number of carbonyl (C=O) groups excluding carboxylic acids is 3. The highest BCUT2D eigenvalue weighted by Crippen LogP contribution is 2.37. The number of nitrogen functional groups attached to an aromatic ring is 1. The maximum atomic E-state index is 13.1. The van der Waals surface area contributed by atoms with Gasteiger partial charge in [-0.25, -0.2) is 14.6 Å². The van der Waals surface area contributed by atoms with E-state index in [1.807, 2.05) is 66.7 Å². The SMILES string of the molecule is Nc1ncnc2c1c(-c1ccc(Oc3ccccc3)cc1)nn2C1CCN(CC2CN(CC3CN(c4ccc5c(c4)CN(C4CCC(=O)NC4=O)C5=O)C3)C2)CC1. The Morgan fingerprint density at radius 1 is 0.807 bits per heavy atom. The third kappa shape index (κ3) is 6.86. The summed E-state index contributed by atoms with van der Waals surface area (Å²) in [5, 5.41) is 8.29. The first-order valence-electron chi connectivity index (χ1n) is 20.1. The van der Waals surface area contributed by atoms with Gasteiger partial charge in [0.25, 0.3) is 5.91 Å². The second-order valence-electron chi connectivity index (χ2n) is 16.3. The molecule has 292 valence electrons. The fourth-order valence-corrected chi connectivity index (χ4v) is 9.43. The lowest BCUT2D eigenvalue weighted by atomic mass is 9.92. The Morgan fingerprint density at radius 3 is 2.32 bits per heavy atom. The lowest BCUT2D eigenvalue weighted by molar-refractivity contribution is -0.136. The molecule has 14 heteroatoms. The summed E-state index contributed by atoms with van der Waals surface area (Å²) in [5.41, 5.74) is 11.7. The number of para-hydroxylation sites is 1. The molecule has 1 atom stereocenters. The third-order valence-corrected chi connectivity index (χ3v) is 12.4. The van der Waals surface area contributed by atoms with E-state index < -0.39 is 6.04 Å². The van der Waals surface area contributed by atoms with Gasteiger partial charge in [-0.3, -0.25) is 19.7 Å². The van der Waals surface area contributed by atoms with Crippen LogP contribution in [0.1, 0.15) is 47.6 Å². The lowest BCUT2D eigenvalue weighted by Gasteiger charge is -2.48. The maximum Gasteiger partial charge on any atom is 0.255 e. The molecular formula is C43H46N10O4. The number of piperidine rings is 2. The van der Waals surface area contributed by atoms with Gasteiger partial charge in [0.05, 0.1) is 11.4 Å². The van der Waals surface area contributed by atoms with E-state index in [9.17, 15) is 14.4 Å². The summed E-state index contributed by atoms with van der Waals surface area (Å²) in [6, 6.07) is 23.4. The number of carbonyl (C=O) groups is 3. The predicted octanol–water partition coefficient (Wildman–Crippen LogP) is 4.33. The summed E-state index contributed by atoms with van der Waals surface area (Å²) in [5.74, 6) is 2.53. The molecule has 57 heavy (non-hydrogen) atoms. The highest BCUT2D eigenvalue weighted by atomic mass is 16.5. The number of nitrogens with one attached hydrogen (secondary N) is 1. The van der Waals surface area contributed by atoms with Crippen LogP contribution in [0.4, 0.5) is 11.5 Å². The van der Waals surface area contributed by atoms with Crippen molar-refractivity contribution in [1.82, 2.24) is 39.8 Å². The molecule has 0 spiro atoms. The monoisotopic (exact) mass is 766 g/mol. The number of nitrogens with zero attached hydrogens (tertiary/aromatic N) is 8. The fraction of sp³-hybridized carbons (Fsp3) is 0.395. The van der Waals surface area contributed by atoms with Gasteiger partial charge in [-0.05, 0) is 85.3 Å². The number of hydrogen-bond acceptors (Lipinski definition) is 11. The number of benzene rings is 3. The van der Waals surface area contributed by atoms with Gasteiger partial charge < -0.3 is 30.1 Å². The van der Waals surface area contributed by atoms with Crippen LogP contribution in [0.25, 0.3) is 22.3 Å². The zero-order chi connectivity index (χ0) is 38.6. The normalized spacial score (nSPS) is 21.1. The van der Waals surface area contributed by atoms with Crippen LogP contribution < -0.4 is 20.7 Å². The number of aromatic nitrogens is 4. The molecular weight excluding hydrogens is 721 g/mol. The van der Waals surface area contributed by atoms with Gasteiger partial charge >= 0.3 is 0 Å². The summed E-state index contributed by atoms with van der Waals surface area (Å²) >= 11 is 0. The Hall–Kier alpha value is -5.86. The van der Waals surface area contributed by atoms with E-state index in [0.717, 1.165) is 110 Å². The molecule has 2 aromatic heterocycles. The van der Waals surface area contributed by atoms with Crippen LogP contribution in [0, 0.1) is 11.8 Å². The van der Waals surface area contributed by atoms with Gasteiger partial charge in [0, 0.05) is 88.1 Å². The number of rotatable bonds is 10. The number of anilines is 2. The molecule has 0 bridgehead atoms. The minimum Gasteiger partial charge on any atom is -0.457 e. The number of amides is 3. The van der Waals surface area contributed by atoms with Crippen molar-refractivity contribution in [2.24, 2.45) is 11.8 Å². The van der Waals surface area contributed by atoms with Crippen molar-refractivity contribution < 1.29 is 19.1 Å². The van der Waals surface area contributed by atoms with Crippen LogP contribution in [-0.2, 0) is 16.1 Å². The molecule has 3 aromatic carbocycles. The number of nitrogens with two attached hydrogens (primary N) is 1. The molecule has 10 rings (SSSR count). The Balaban J connectivity index is 0.690. The fourth-order valence-electron chi connectivity index (χ4n) is 9.43. The molecule has 5 aliphatic heterocycles. The first-order valence-corrected chi connectivity index (χ1v) is 20.1. The van der Waals surface area contributed by atoms with Crippen LogP contribution in [0.5, 0.6) is 11.5 Å². The summed E-state index contributed by atoms with van der Waals surface area (Å²) in [6.07, 6.45) is 4.18. The van der Waals surface area contributed by atoms with Crippen LogP contribution in [0.3, 0.4) is 0 Å². The van der Waals surface area contributed by atoms with Crippen LogP contribution in [0.15, 0.2) is 79.1 Å². The zero-order valence-electron chi connectivity index (χ0n) is 31.8. The molecule has 3 amide bonds. The molecule has 4 saturated heterocycles. The van der Waals surface area contributed by atoms with E-state index >= 15 is 0 Å². The highest BCUT2D eigenvalue weighted by Gasteiger charge is 2.40. The molecule has 5 aliphatic rings. The second-order valence-corrected chi connectivity index (χ2v) is 16.3. The summed E-state index contributed by atoms with van der Waals surface area (Å²) in [7, 11) is 0. The van der Waals surface area contributed by atoms with Crippen LogP contribution in [0.2, 0.25) is 0 Å². The summed E-state index contributed by atoms with van der Waals surface area (Å²) < 4.78 is 8.09. The van der Waals surface area contributed by atoms with E-state index in [0.29, 0.717) is 36.2 Å². The Kier molecular flexibility index (Phi) is 9.09. The predicted molar refractivity (Wildman–Crippen MR) is 215 cm³/mol. The molecule has 14 nitrogen and oxygen atoms in total. The highest BCUT2D eigenvalue weighted by molar-refractivity contribution is 6.05. The molecule has 4 fully saturated rings. The third-order valence-electron chi connectivity index (χ3n) is 12.4. The molecule has 0 aliphatic carbocycles. The smallest absolute Gasteiger partial charge is 0.255 e. The van der Waals surface area contributed by atoms with Crippen molar-refractivity contribution in [3.63, 3.8) is 0 Å². The second kappa shape index (κ2) is 14.6. The number of imide groups is 1. The quantitative estimate of drug-likeness (QED) is 0.195. The van der Waals surface area contributed by atoms with Gasteiger partial charge in [-0.2, -0.15) is 5.10 Å². The van der Waals surface area contributed by atoms with Crippen molar-refractivity contribution in [1.29, 1.82) is 0 Å². The molecule has 0 saturated carbocycles. The molecule has 5 aromatic rings. The van der Waals surface area contributed by atoms with Crippen molar-refractivity contribution in [3.8, 4) is 22.8 Å². The molecule has 1 unspecified atom stereocenters. The van der Waals surface area contributed by atoms with E-state index in [2.05, 4.69) is 40.7 Å². The summed E-state index contributed by atoms with van der Waals surface area (Å²) in [6.45, 7) is 9.01. The minimum atomic E-state index is -0.587. The van der Waals surface area contributed by atoms with Gasteiger partial charge in [0.1, 0.15) is 35.4 Å². The minimum absolute atomic E-state index is 0.126. The van der Waals surface area contributed by atoms with Crippen LogP contribution in [-0.4, -0.2) is 111 Å². The van der Waals surface area contributed by atoms with E-state index in [1.54, 1.807) is 4.90 Å². The average Bonchev–Trinajstić information content (AvgIpc) is 3.74. The van der Waals surface area contributed by atoms with Gasteiger partial charge in [-0.1, -0.05) is 18.2 Å². The number of ether oxygens (including phenoxy) is 1. The first kappa shape index (κ1) is 35.5. The molecule has 0 radical (unpaired) electrons. The van der Waals surface area contributed by atoms with Gasteiger partial charge in [0.2, 0.25) is 11.8 Å². The Morgan fingerprint density at radius 2 is 1.54 bits per heavy atom. The van der Waals surface area contributed by atoms with Crippen molar-refractivity contribution >= 4 is 40.3 Å². The van der Waals surface area contributed by atoms with Gasteiger partial charge in [0.15, 0.2) is 5.65 Å². The van der Waals surface area contributed by atoms with E-state index in [1.165, 1.54) is 6.33 Å². The summed E-state index contributed by atoms with van der Waals surface area (Å²) in [4.78, 5) is 55.3. The van der Waals surface area contributed by atoms with E-state index in [-0.39, 0.29) is 30.2 Å². The number of fused-ring (bicyclic) bond motifs is 2. The maximum absolute atomic E-state index is 13.1.